The number of hydrogen-bond acceptors (Lipinski definition) is 12. The van der Waals surface area contributed by atoms with Crippen LogP contribution in [0.15, 0.2) is 45.5 Å². The minimum absolute atomic E-state index is 0.134. The highest BCUT2D eigenvalue weighted by molar-refractivity contribution is 8.00. The molecule has 5 heterocycles. The van der Waals surface area contributed by atoms with E-state index in [2.05, 4.69) is 26.2 Å². The molecule has 39 heavy (non-hydrogen) atoms. The van der Waals surface area contributed by atoms with Gasteiger partial charge in [0.15, 0.2) is 23.6 Å². The number of nitrogen functional groups attached to an aromatic ring is 1. The number of anilines is 2. The summed E-state index contributed by atoms with van der Waals surface area (Å²) in [5.74, 6) is -2.29. The minimum Gasteiger partial charge on any atom is -0.543 e. The fourth-order valence-corrected chi connectivity index (χ4v) is 7.51. The van der Waals surface area contributed by atoms with E-state index in [-0.39, 0.29) is 22.2 Å². The highest BCUT2D eigenvalue weighted by atomic mass is 32.2. The molecule has 0 radical (unpaired) electrons. The van der Waals surface area contributed by atoms with Gasteiger partial charge in [-0.1, -0.05) is 16.5 Å². The van der Waals surface area contributed by atoms with Crippen molar-refractivity contribution in [3.63, 3.8) is 0 Å². The van der Waals surface area contributed by atoms with Crippen LogP contribution in [-0.2, 0) is 25.8 Å². The Labute approximate surface area is 234 Å². The predicted octanol–water partition coefficient (Wildman–Crippen LogP) is 0.256. The Balaban J connectivity index is 1.23. The Morgan fingerprint density at radius 3 is 2.85 bits per heavy atom. The Hall–Kier alpha value is -3.69. The molecule has 1 unspecified atom stereocenters. The number of β-lactam (4-membered cyclic amide) rings is 1. The van der Waals surface area contributed by atoms with Gasteiger partial charge in [-0.3, -0.25) is 14.5 Å². The molecule has 2 aliphatic heterocycles. The number of carboxylic acid groups (broad SMARTS) is 1. The van der Waals surface area contributed by atoms with Crippen LogP contribution in [0.2, 0.25) is 0 Å². The van der Waals surface area contributed by atoms with Gasteiger partial charge in [0.1, 0.15) is 24.2 Å². The van der Waals surface area contributed by atoms with Crippen LogP contribution in [0.4, 0.5) is 10.8 Å². The maximum atomic E-state index is 13.1. The van der Waals surface area contributed by atoms with E-state index in [0.29, 0.717) is 23.9 Å². The summed E-state index contributed by atoms with van der Waals surface area (Å²) >= 11 is 4.10. The summed E-state index contributed by atoms with van der Waals surface area (Å²) in [6, 6.07) is 3.54. The van der Waals surface area contributed by atoms with E-state index in [4.69, 9.17) is 10.6 Å². The molecule has 1 saturated heterocycles. The van der Waals surface area contributed by atoms with Crippen LogP contribution in [0.3, 0.4) is 0 Å². The number of nitrogens with two attached hydrogens (primary N) is 1. The molecule has 0 bridgehead atoms. The number of nitrogens with zero attached hydrogens (tertiary/aromatic N) is 4. The highest BCUT2D eigenvalue weighted by Crippen LogP contribution is 2.40. The summed E-state index contributed by atoms with van der Waals surface area (Å²) in [6.07, 6.45) is 4.23. The molecule has 3 aliphatic rings. The second-order valence-corrected chi connectivity index (χ2v) is 12.1. The summed E-state index contributed by atoms with van der Waals surface area (Å²) in [5, 5.41) is 26.5. The van der Waals surface area contributed by atoms with Crippen LogP contribution in [-0.4, -0.2) is 63.7 Å². The lowest BCUT2D eigenvalue weighted by Crippen LogP contribution is -2.71. The Morgan fingerprint density at radius 2 is 2.15 bits per heavy atom. The first-order valence-electron chi connectivity index (χ1n) is 12.0. The van der Waals surface area contributed by atoms with Gasteiger partial charge in [-0.05, 0) is 18.9 Å². The van der Waals surface area contributed by atoms with E-state index >= 15 is 0 Å². The molecule has 12 nitrogen and oxygen atoms in total. The number of amides is 2. The second kappa shape index (κ2) is 10.1. The van der Waals surface area contributed by atoms with Crippen LogP contribution < -0.4 is 26.0 Å². The molecule has 15 heteroatoms. The lowest BCUT2D eigenvalue weighted by Gasteiger charge is -2.50. The van der Waals surface area contributed by atoms with Crippen LogP contribution in [0, 0.1) is 0 Å². The maximum Gasteiger partial charge on any atom is 0.276 e. The van der Waals surface area contributed by atoms with Crippen molar-refractivity contribution < 1.29 is 28.9 Å². The standard InChI is InChI=1S/C24H23N7O5S3/c1-36-29-16(15-10-39-24(25)27-15)19(32)28-17-20(33)31-18(23(34)35)11(8-37-22(17)31)7-30-6-2-3-13-14(9-38-21(13)30)26-12-4-5-12/h2-3,6,9-10,12,17,22,26H,4-5,7-8H2,1H3,(H3-,25,27,28,32,34,35)/b29-16-/t17?,22-/m1/s1. The quantitative estimate of drug-likeness (QED) is 0.138. The monoisotopic (exact) mass is 585 g/mol. The number of aliphatic carboxylic acids is 1. The number of carbonyl (C=O) groups excluding carboxylic acids is 3. The molecule has 202 valence electrons. The zero-order valence-corrected chi connectivity index (χ0v) is 23.0. The molecule has 2 amide bonds. The molecule has 0 aromatic carbocycles. The van der Waals surface area contributed by atoms with Gasteiger partial charge in [0.2, 0.25) is 0 Å². The molecule has 3 aromatic heterocycles. The van der Waals surface area contributed by atoms with Crippen molar-refractivity contribution in [3.05, 3.63) is 46.1 Å². The fourth-order valence-electron chi connectivity index (χ4n) is 4.64. The van der Waals surface area contributed by atoms with E-state index in [1.54, 1.807) is 16.7 Å². The van der Waals surface area contributed by atoms with Crippen LogP contribution >= 0.6 is 34.4 Å². The van der Waals surface area contributed by atoms with Crippen molar-refractivity contribution in [1.82, 2.24) is 15.2 Å². The number of oxime groups is 1. The Bertz CT molecular complexity index is 1560. The molecule has 6 rings (SSSR count). The molecule has 1 saturated carbocycles. The molecule has 0 spiro atoms. The molecule has 4 N–H and O–H groups in total. The maximum absolute atomic E-state index is 13.1. The first kappa shape index (κ1) is 25.6. The highest BCUT2D eigenvalue weighted by Gasteiger charge is 2.53. The number of carboxylic acids is 1. The van der Waals surface area contributed by atoms with Gasteiger partial charge < -0.3 is 31.1 Å². The largest absolute Gasteiger partial charge is 0.543 e. The summed E-state index contributed by atoms with van der Waals surface area (Å²) in [5.41, 5.74) is 7.24. The molecule has 2 fully saturated rings. The molecule has 2 atom stereocenters. The number of thioether (sulfide) groups is 1. The zero-order valence-electron chi connectivity index (χ0n) is 20.6. The fraction of sp³-hybridized carbons (Fsp3) is 0.333. The van der Waals surface area contributed by atoms with Crippen molar-refractivity contribution in [1.29, 1.82) is 0 Å². The SMILES string of the molecule is CO/N=C(\C(=O)NC1C(=O)N2C(C(=O)[O-])=C(C[n+]3cccc4c(NC5CC5)csc43)CS[C@H]12)c1csc(N)n1. The van der Waals surface area contributed by atoms with Crippen molar-refractivity contribution in [2.45, 2.75) is 36.8 Å². The third kappa shape index (κ3) is 4.70. The predicted molar refractivity (Wildman–Crippen MR) is 146 cm³/mol. The van der Waals surface area contributed by atoms with Gasteiger partial charge in [0.25, 0.3) is 16.6 Å². The molecule has 3 aromatic rings. The summed E-state index contributed by atoms with van der Waals surface area (Å²) in [4.78, 5) is 49.4. The number of pyridine rings is 1. The lowest BCUT2D eigenvalue weighted by atomic mass is 10.0. The van der Waals surface area contributed by atoms with Gasteiger partial charge in [-0.15, -0.1) is 23.1 Å². The second-order valence-electron chi connectivity index (χ2n) is 9.22. The van der Waals surface area contributed by atoms with Gasteiger partial charge in [-0.25, -0.2) is 4.98 Å². The van der Waals surface area contributed by atoms with Crippen LogP contribution in [0.1, 0.15) is 18.5 Å². The summed E-state index contributed by atoms with van der Waals surface area (Å²) in [7, 11) is 1.29. The van der Waals surface area contributed by atoms with Crippen molar-refractivity contribution in [3.8, 4) is 0 Å². The van der Waals surface area contributed by atoms with Gasteiger partial charge in [0, 0.05) is 34.2 Å². The number of thiazole rings is 1. The zero-order chi connectivity index (χ0) is 27.3. The van der Waals surface area contributed by atoms with Crippen LogP contribution in [0.5, 0.6) is 0 Å². The van der Waals surface area contributed by atoms with E-state index < -0.39 is 29.2 Å². The van der Waals surface area contributed by atoms with Crippen molar-refractivity contribution >= 4 is 79.0 Å². The van der Waals surface area contributed by atoms with E-state index in [1.165, 1.54) is 23.8 Å². The van der Waals surface area contributed by atoms with Gasteiger partial charge in [-0.2, -0.15) is 4.57 Å². The Morgan fingerprint density at radius 1 is 1.33 bits per heavy atom. The first-order valence-corrected chi connectivity index (χ1v) is 14.8. The number of aromatic nitrogens is 2. The lowest BCUT2D eigenvalue weighted by molar-refractivity contribution is -0.661. The van der Waals surface area contributed by atoms with Gasteiger partial charge >= 0.3 is 0 Å². The molecule has 1 aliphatic carbocycles. The number of thiophene rings is 1. The van der Waals surface area contributed by atoms with E-state index in [1.807, 2.05) is 22.9 Å². The third-order valence-corrected chi connectivity index (χ3v) is 9.63. The molecular formula is C24H23N7O5S3. The summed E-state index contributed by atoms with van der Waals surface area (Å²) in [6.45, 7) is 0.292. The number of nitrogens with one attached hydrogen (secondary N) is 2. The topological polar surface area (TPSA) is 166 Å². The van der Waals surface area contributed by atoms with Crippen molar-refractivity contribution in [2.24, 2.45) is 5.16 Å². The molecular weight excluding hydrogens is 563 g/mol. The van der Waals surface area contributed by atoms with Gasteiger partial charge in [0.05, 0.1) is 22.7 Å². The minimum atomic E-state index is -1.43. The Kier molecular flexibility index (Phi) is 6.64. The number of fused-ring (bicyclic) bond motifs is 2. The number of carbonyl (C=O) groups is 3. The smallest absolute Gasteiger partial charge is 0.276 e. The normalized spacial score (nSPS) is 21.0. The third-order valence-electron chi connectivity index (χ3n) is 6.59. The average molecular weight is 586 g/mol. The van der Waals surface area contributed by atoms with Crippen molar-refractivity contribution in [2.75, 3.05) is 23.9 Å². The number of rotatable bonds is 9. The van der Waals surface area contributed by atoms with E-state index in [0.717, 1.165) is 40.1 Å². The van der Waals surface area contributed by atoms with Crippen LogP contribution in [0.25, 0.3) is 10.2 Å². The first-order chi connectivity index (χ1) is 18.9. The van der Waals surface area contributed by atoms with E-state index in [9.17, 15) is 19.5 Å². The number of hydrogen-bond donors (Lipinski definition) is 3. The average Bonchev–Trinajstić information content (AvgIpc) is 3.49. The summed E-state index contributed by atoms with van der Waals surface area (Å²) < 4.78 is 1.99.